The monoisotopic (exact) mass is 525 g/mol. The minimum Gasteiger partial charge on any atom is -0.306 e. The van der Waals surface area contributed by atoms with Crippen LogP contribution in [-0.2, 0) is 19.8 Å². The van der Waals surface area contributed by atoms with Crippen molar-refractivity contribution >= 4 is 22.6 Å². The minimum absolute atomic E-state index is 0.00856. The molecular formula is C27H23F4N5O2. The third-order valence-corrected chi connectivity index (χ3v) is 6.45. The van der Waals surface area contributed by atoms with E-state index in [1.807, 2.05) is 4.90 Å². The third kappa shape index (κ3) is 5.14. The number of benzene rings is 2. The molecule has 3 heterocycles. The zero-order valence-corrected chi connectivity index (χ0v) is 20.3. The highest BCUT2D eigenvalue weighted by Crippen LogP contribution is 2.32. The molecule has 1 unspecified atom stereocenters. The summed E-state index contributed by atoms with van der Waals surface area (Å²) < 4.78 is 54.5. The maximum atomic E-state index is 13.5. The number of pyridine rings is 1. The van der Waals surface area contributed by atoms with Crippen molar-refractivity contribution in [3.05, 3.63) is 87.8 Å². The Morgan fingerprint density at radius 3 is 2.58 bits per heavy atom. The first-order chi connectivity index (χ1) is 18.1. The van der Waals surface area contributed by atoms with Crippen molar-refractivity contribution in [1.29, 1.82) is 0 Å². The number of aromatic nitrogens is 3. The Morgan fingerprint density at radius 2 is 1.84 bits per heavy atom. The molecule has 7 nitrogen and oxygen atoms in total. The molecule has 2 aromatic heterocycles. The lowest BCUT2D eigenvalue weighted by atomic mass is 10.1. The van der Waals surface area contributed by atoms with Gasteiger partial charge in [-0.1, -0.05) is 24.3 Å². The summed E-state index contributed by atoms with van der Waals surface area (Å²) in [4.78, 5) is 37.2. The Kier molecular flexibility index (Phi) is 6.70. The molecule has 4 aromatic rings. The van der Waals surface area contributed by atoms with Gasteiger partial charge in [0.05, 0.1) is 27.7 Å². The number of carbonyl (C=O) groups is 1. The van der Waals surface area contributed by atoms with Gasteiger partial charge in [0, 0.05) is 32.2 Å². The van der Waals surface area contributed by atoms with Crippen LogP contribution in [0.5, 0.6) is 0 Å². The van der Waals surface area contributed by atoms with Crippen molar-refractivity contribution in [2.24, 2.45) is 7.05 Å². The number of likely N-dealkylation sites (tertiary alicyclic amines) is 1. The molecule has 1 saturated heterocycles. The number of halogens is 4. The molecule has 1 atom stereocenters. The molecule has 0 aliphatic carbocycles. The molecular weight excluding hydrogens is 502 g/mol. The largest absolute Gasteiger partial charge is 0.416 e. The molecule has 196 valence electrons. The fourth-order valence-electron chi connectivity index (χ4n) is 4.55. The first kappa shape index (κ1) is 25.5. The SMILES string of the molecule is Cn1c(-c2cccc(C(F)(F)F)c2)nc2c(C(=O)Nc3cccc(CN4CCC(F)C4)n3)cccc2c1=O. The van der Waals surface area contributed by atoms with Crippen LogP contribution in [0.15, 0.2) is 65.5 Å². The van der Waals surface area contributed by atoms with Crippen molar-refractivity contribution in [1.82, 2.24) is 19.4 Å². The Balaban J connectivity index is 1.49. The summed E-state index contributed by atoms with van der Waals surface area (Å²) >= 11 is 0. The van der Waals surface area contributed by atoms with Crippen LogP contribution in [0.4, 0.5) is 23.4 Å². The highest BCUT2D eigenvalue weighted by molar-refractivity contribution is 6.11. The van der Waals surface area contributed by atoms with Crippen LogP contribution >= 0.6 is 0 Å². The molecule has 1 fully saturated rings. The Hall–Kier alpha value is -4.12. The van der Waals surface area contributed by atoms with Gasteiger partial charge in [0.15, 0.2) is 0 Å². The molecule has 2 aromatic carbocycles. The maximum absolute atomic E-state index is 13.5. The number of carbonyl (C=O) groups excluding carboxylic acids is 1. The predicted octanol–water partition coefficient (Wildman–Crippen LogP) is 4.81. The van der Waals surface area contributed by atoms with Crippen LogP contribution < -0.4 is 10.9 Å². The molecule has 0 radical (unpaired) electrons. The second kappa shape index (κ2) is 9.97. The Bertz CT molecular complexity index is 1580. The van der Waals surface area contributed by atoms with E-state index in [9.17, 15) is 27.2 Å². The molecule has 38 heavy (non-hydrogen) atoms. The van der Waals surface area contributed by atoms with Crippen molar-refractivity contribution in [2.45, 2.75) is 25.3 Å². The smallest absolute Gasteiger partial charge is 0.306 e. The van der Waals surface area contributed by atoms with E-state index >= 15 is 0 Å². The van der Waals surface area contributed by atoms with E-state index in [0.717, 1.165) is 16.7 Å². The average Bonchev–Trinajstić information content (AvgIpc) is 3.29. The van der Waals surface area contributed by atoms with Gasteiger partial charge in [0.1, 0.15) is 17.8 Å². The van der Waals surface area contributed by atoms with E-state index < -0.39 is 29.4 Å². The van der Waals surface area contributed by atoms with Crippen molar-refractivity contribution in [2.75, 3.05) is 18.4 Å². The number of hydrogen-bond donors (Lipinski definition) is 1. The van der Waals surface area contributed by atoms with E-state index in [2.05, 4.69) is 15.3 Å². The quantitative estimate of drug-likeness (QED) is 0.379. The van der Waals surface area contributed by atoms with Crippen molar-refractivity contribution < 1.29 is 22.4 Å². The molecule has 11 heteroatoms. The Labute approximate surface area is 214 Å². The summed E-state index contributed by atoms with van der Waals surface area (Å²) in [5.74, 6) is -0.325. The van der Waals surface area contributed by atoms with Gasteiger partial charge in [-0.3, -0.25) is 19.1 Å². The number of hydrogen-bond acceptors (Lipinski definition) is 5. The van der Waals surface area contributed by atoms with Gasteiger partial charge in [-0.15, -0.1) is 0 Å². The standard InChI is InChI=1S/C27H23F4N5O2/c1-35-24(16-5-2-6-17(13-16)27(29,30)31)34-23-20(8-4-9-21(23)26(35)38)25(37)33-22-10-3-7-19(32-22)15-36-12-11-18(28)14-36/h2-10,13,18H,11-12,14-15H2,1H3,(H,32,33,37). The first-order valence-corrected chi connectivity index (χ1v) is 11.9. The van der Waals surface area contributed by atoms with E-state index in [-0.39, 0.29) is 33.7 Å². The van der Waals surface area contributed by atoms with Crippen molar-refractivity contribution in [3.63, 3.8) is 0 Å². The molecule has 1 N–H and O–H groups in total. The Morgan fingerprint density at radius 1 is 1.08 bits per heavy atom. The number of fused-ring (bicyclic) bond motifs is 1. The number of nitrogens with one attached hydrogen (secondary N) is 1. The summed E-state index contributed by atoms with van der Waals surface area (Å²) in [6.07, 6.45) is -4.95. The molecule has 1 aliphatic rings. The second-order valence-electron chi connectivity index (χ2n) is 9.17. The lowest BCUT2D eigenvalue weighted by Gasteiger charge is -2.15. The number of rotatable bonds is 5. The lowest BCUT2D eigenvalue weighted by molar-refractivity contribution is -0.137. The van der Waals surface area contributed by atoms with Crippen LogP contribution in [0.2, 0.25) is 0 Å². The van der Waals surface area contributed by atoms with Gasteiger partial charge in [0.25, 0.3) is 11.5 Å². The van der Waals surface area contributed by atoms with Crippen molar-refractivity contribution in [3.8, 4) is 11.4 Å². The minimum atomic E-state index is -4.57. The van der Waals surface area contributed by atoms with E-state index in [0.29, 0.717) is 31.7 Å². The number of nitrogens with zero attached hydrogens (tertiary/aromatic N) is 4. The zero-order valence-electron chi connectivity index (χ0n) is 20.3. The van der Waals surface area contributed by atoms with Gasteiger partial charge in [0.2, 0.25) is 0 Å². The van der Waals surface area contributed by atoms with Gasteiger partial charge in [-0.05, 0) is 42.8 Å². The van der Waals surface area contributed by atoms with Crippen LogP contribution in [0.1, 0.15) is 28.0 Å². The first-order valence-electron chi connectivity index (χ1n) is 11.9. The van der Waals surface area contributed by atoms with E-state index in [1.165, 1.54) is 37.4 Å². The molecule has 0 bridgehead atoms. The van der Waals surface area contributed by atoms with Gasteiger partial charge < -0.3 is 5.32 Å². The summed E-state index contributed by atoms with van der Waals surface area (Å²) in [5, 5.41) is 2.85. The van der Waals surface area contributed by atoms with Crippen LogP contribution in [-0.4, -0.2) is 44.6 Å². The summed E-state index contributed by atoms with van der Waals surface area (Å²) in [5.41, 5.74) is -0.508. The predicted molar refractivity (Wildman–Crippen MR) is 134 cm³/mol. The van der Waals surface area contributed by atoms with Crippen LogP contribution in [0.25, 0.3) is 22.3 Å². The van der Waals surface area contributed by atoms with Gasteiger partial charge in [-0.25, -0.2) is 14.4 Å². The molecule has 0 spiro atoms. The molecule has 1 aliphatic heterocycles. The lowest BCUT2D eigenvalue weighted by Crippen LogP contribution is -2.23. The second-order valence-corrected chi connectivity index (χ2v) is 9.17. The molecule has 5 rings (SSSR count). The summed E-state index contributed by atoms with van der Waals surface area (Å²) in [6, 6.07) is 14.1. The number of alkyl halides is 4. The van der Waals surface area contributed by atoms with E-state index in [4.69, 9.17) is 0 Å². The average molecular weight is 526 g/mol. The number of amides is 1. The fraction of sp³-hybridized carbons (Fsp3) is 0.259. The fourth-order valence-corrected chi connectivity index (χ4v) is 4.55. The van der Waals surface area contributed by atoms with E-state index in [1.54, 1.807) is 18.2 Å². The molecule has 0 saturated carbocycles. The normalized spacial score (nSPS) is 16.2. The van der Waals surface area contributed by atoms with Crippen LogP contribution in [0, 0.1) is 0 Å². The highest BCUT2D eigenvalue weighted by atomic mass is 19.4. The van der Waals surface area contributed by atoms with Crippen LogP contribution in [0.3, 0.4) is 0 Å². The summed E-state index contributed by atoms with van der Waals surface area (Å²) in [6.45, 7) is 1.41. The number of anilines is 1. The molecule has 1 amide bonds. The zero-order chi connectivity index (χ0) is 27.0. The maximum Gasteiger partial charge on any atom is 0.416 e. The third-order valence-electron chi connectivity index (χ3n) is 6.45. The van der Waals surface area contributed by atoms with Gasteiger partial charge >= 0.3 is 6.18 Å². The van der Waals surface area contributed by atoms with Gasteiger partial charge in [-0.2, -0.15) is 13.2 Å². The highest BCUT2D eigenvalue weighted by Gasteiger charge is 2.31. The number of para-hydroxylation sites is 1. The topological polar surface area (TPSA) is 80.1 Å². The summed E-state index contributed by atoms with van der Waals surface area (Å²) in [7, 11) is 1.41.